The highest BCUT2D eigenvalue weighted by molar-refractivity contribution is 5.44. The molecule has 0 saturated carbocycles. The molecule has 6 nitrogen and oxygen atoms in total. The fourth-order valence-electron chi connectivity index (χ4n) is 3.89. The Labute approximate surface area is 151 Å². The maximum Gasteiger partial charge on any atom is 0.198 e. The number of nitrogens with zero attached hydrogens (tertiary/aromatic N) is 6. The topological polar surface area (TPSA) is 33.1 Å². The van der Waals surface area contributed by atoms with Crippen LogP contribution in [-0.4, -0.2) is 25.3 Å². The van der Waals surface area contributed by atoms with Gasteiger partial charge in [0.05, 0.1) is 30.5 Å². The summed E-state index contributed by atoms with van der Waals surface area (Å²) in [7, 11) is 4.21. The molecule has 0 N–H and O–H groups in total. The van der Waals surface area contributed by atoms with Crippen molar-refractivity contribution in [1.29, 1.82) is 0 Å². The molecule has 136 valence electrons. The summed E-state index contributed by atoms with van der Waals surface area (Å²) in [5.41, 5.74) is 1.06. The Morgan fingerprint density at radius 2 is 1.88 bits per heavy atom. The van der Waals surface area contributed by atoms with E-state index in [9.17, 15) is 0 Å². The maximum atomic E-state index is 4.48. The standard InChI is InChI=1S/C19H31N6/c1-14(2)25-10-9-18(22(25)8)23-11-12-24(16(23)4)19(5,6)17-13-20-15(3)21(17)7/h9-14,16H,1-8H3/q+1/t16-/m1/s1. The Morgan fingerprint density at radius 3 is 2.40 bits per heavy atom. The Hall–Kier alpha value is -2.24. The van der Waals surface area contributed by atoms with Gasteiger partial charge >= 0.3 is 0 Å². The van der Waals surface area contributed by atoms with Gasteiger partial charge in [-0.25, -0.2) is 4.98 Å². The zero-order chi connectivity index (χ0) is 18.5. The molecule has 0 aromatic carbocycles. The molecule has 0 bridgehead atoms. The lowest BCUT2D eigenvalue weighted by molar-refractivity contribution is -0.789. The van der Waals surface area contributed by atoms with Gasteiger partial charge in [-0.2, -0.15) is 0 Å². The monoisotopic (exact) mass is 343 g/mol. The lowest BCUT2D eigenvalue weighted by Gasteiger charge is -2.41. The van der Waals surface area contributed by atoms with Crippen molar-refractivity contribution in [2.24, 2.45) is 14.1 Å². The van der Waals surface area contributed by atoms with Crippen molar-refractivity contribution >= 4 is 5.82 Å². The lowest BCUT2D eigenvalue weighted by Crippen LogP contribution is -2.48. The molecule has 3 rings (SSSR count). The van der Waals surface area contributed by atoms with E-state index in [0.29, 0.717) is 6.04 Å². The highest BCUT2D eigenvalue weighted by atomic mass is 15.5. The van der Waals surface area contributed by atoms with E-state index in [1.807, 2.05) is 13.1 Å². The summed E-state index contributed by atoms with van der Waals surface area (Å²) in [6.07, 6.45) is 8.74. The van der Waals surface area contributed by atoms with E-state index < -0.39 is 0 Å². The third-order valence-corrected chi connectivity index (χ3v) is 5.53. The van der Waals surface area contributed by atoms with E-state index in [4.69, 9.17) is 0 Å². The molecule has 1 aliphatic rings. The Balaban J connectivity index is 1.91. The first-order valence-corrected chi connectivity index (χ1v) is 8.97. The molecular weight excluding hydrogens is 312 g/mol. The summed E-state index contributed by atoms with van der Waals surface area (Å²) >= 11 is 0. The third-order valence-electron chi connectivity index (χ3n) is 5.53. The van der Waals surface area contributed by atoms with Crippen molar-refractivity contribution in [3.05, 3.63) is 42.4 Å². The Bertz CT molecular complexity index is 795. The molecule has 2 aromatic rings. The van der Waals surface area contributed by atoms with Gasteiger partial charge in [0.2, 0.25) is 0 Å². The van der Waals surface area contributed by atoms with Crippen LogP contribution in [0.4, 0.5) is 5.82 Å². The van der Waals surface area contributed by atoms with Gasteiger partial charge in [-0.05, 0) is 41.5 Å². The summed E-state index contributed by atoms with van der Waals surface area (Å²) in [6, 6.07) is 2.62. The van der Waals surface area contributed by atoms with Crippen LogP contribution in [-0.2, 0) is 19.6 Å². The summed E-state index contributed by atoms with van der Waals surface area (Å²) in [5, 5.41) is 0. The fourth-order valence-corrected chi connectivity index (χ4v) is 3.89. The molecular formula is C19H31N6+. The number of imidazole rings is 1. The van der Waals surface area contributed by atoms with Crippen LogP contribution < -0.4 is 9.58 Å². The first kappa shape index (κ1) is 17.6. The van der Waals surface area contributed by atoms with Gasteiger partial charge in [-0.15, -0.1) is 9.36 Å². The predicted octanol–water partition coefficient (Wildman–Crippen LogP) is 2.81. The number of hydrogen-bond donors (Lipinski definition) is 0. The van der Waals surface area contributed by atoms with Crippen LogP contribution in [0.2, 0.25) is 0 Å². The van der Waals surface area contributed by atoms with Crippen LogP contribution in [0.1, 0.15) is 52.2 Å². The second kappa shape index (κ2) is 5.93. The van der Waals surface area contributed by atoms with E-state index in [-0.39, 0.29) is 11.7 Å². The SMILES string of the molecule is Cc1ncc(C(C)(C)N2C=CN(c3cc[n+](C(C)C)n3C)[C@H]2C)n1C. The zero-order valence-electron chi connectivity index (χ0n) is 16.7. The molecule has 2 aromatic heterocycles. The normalized spacial score (nSPS) is 18.0. The quantitative estimate of drug-likeness (QED) is 0.801. The number of aryl methyl sites for hydroxylation is 1. The molecule has 1 aliphatic heterocycles. The van der Waals surface area contributed by atoms with Gasteiger partial charge in [-0.3, -0.25) is 0 Å². The molecule has 0 spiro atoms. The van der Waals surface area contributed by atoms with Crippen molar-refractivity contribution in [3.63, 3.8) is 0 Å². The van der Waals surface area contributed by atoms with Crippen LogP contribution >= 0.6 is 0 Å². The minimum absolute atomic E-state index is 0.153. The average molecular weight is 343 g/mol. The molecule has 0 amide bonds. The molecule has 0 fully saturated rings. The van der Waals surface area contributed by atoms with Crippen LogP contribution in [0.3, 0.4) is 0 Å². The molecule has 3 heterocycles. The number of hydrogen-bond acceptors (Lipinski definition) is 3. The molecule has 6 heteroatoms. The van der Waals surface area contributed by atoms with Crippen molar-refractivity contribution < 1.29 is 4.68 Å². The minimum atomic E-state index is -0.153. The number of rotatable bonds is 4. The largest absolute Gasteiger partial charge is 0.345 e. The fraction of sp³-hybridized carbons (Fsp3) is 0.579. The first-order valence-electron chi connectivity index (χ1n) is 8.97. The van der Waals surface area contributed by atoms with E-state index in [1.165, 1.54) is 11.5 Å². The highest BCUT2D eigenvalue weighted by Gasteiger charge is 2.38. The van der Waals surface area contributed by atoms with E-state index in [2.05, 4.69) is 102 Å². The molecule has 25 heavy (non-hydrogen) atoms. The van der Waals surface area contributed by atoms with Crippen molar-refractivity contribution in [3.8, 4) is 0 Å². The van der Waals surface area contributed by atoms with Gasteiger partial charge in [0.15, 0.2) is 18.1 Å². The van der Waals surface area contributed by atoms with Crippen molar-refractivity contribution in [2.45, 2.75) is 59.3 Å². The van der Waals surface area contributed by atoms with Gasteiger partial charge in [-0.1, -0.05) is 0 Å². The van der Waals surface area contributed by atoms with Crippen LogP contribution in [0.5, 0.6) is 0 Å². The smallest absolute Gasteiger partial charge is 0.198 e. The van der Waals surface area contributed by atoms with Gasteiger partial charge < -0.3 is 14.4 Å². The predicted molar refractivity (Wildman–Crippen MR) is 99.9 cm³/mol. The van der Waals surface area contributed by atoms with Gasteiger partial charge in [0.1, 0.15) is 12.0 Å². The van der Waals surface area contributed by atoms with Gasteiger partial charge in [0.25, 0.3) is 0 Å². The summed E-state index contributed by atoms with van der Waals surface area (Å²) in [5.74, 6) is 2.23. The second-order valence-corrected chi connectivity index (χ2v) is 7.72. The summed E-state index contributed by atoms with van der Waals surface area (Å²) < 4.78 is 6.64. The summed E-state index contributed by atoms with van der Waals surface area (Å²) in [4.78, 5) is 9.21. The van der Waals surface area contributed by atoms with E-state index in [0.717, 1.165) is 5.82 Å². The molecule has 0 aliphatic carbocycles. The highest BCUT2D eigenvalue weighted by Crippen LogP contribution is 2.35. The molecule has 0 saturated heterocycles. The first-order chi connectivity index (χ1) is 11.7. The minimum Gasteiger partial charge on any atom is -0.345 e. The summed E-state index contributed by atoms with van der Waals surface area (Å²) in [6.45, 7) is 13.2. The molecule has 1 atom stereocenters. The van der Waals surface area contributed by atoms with Crippen LogP contribution in [0.25, 0.3) is 0 Å². The van der Waals surface area contributed by atoms with Crippen LogP contribution in [0.15, 0.2) is 30.9 Å². The van der Waals surface area contributed by atoms with Crippen LogP contribution in [0, 0.1) is 6.92 Å². The van der Waals surface area contributed by atoms with Gasteiger partial charge in [0, 0.05) is 19.4 Å². The second-order valence-electron chi connectivity index (χ2n) is 7.72. The molecule has 0 radical (unpaired) electrons. The van der Waals surface area contributed by atoms with E-state index in [1.54, 1.807) is 0 Å². The zero-order valence-corrected chi connectivity index (χ0v) is 16.7. The third kappa shape index (κ3) is 2.64. The maximum absolute atomic E-state index is 4.48. The lowest BCUT2D eigenvalue weighted by atomic mass is 9.98. The van der Waals surface area contributed by atoms with Crippen molar-refractivity contribution in [1.82, 2.24) is 19.1 Å². The number of anilines is 1. The van der Waals surface area contributed by atoms with E-state index >= 15 is 0 Å². The average Bonchev–Trinajstić information content (AvgIpc) is 3.18. The molecule has 0 unspecified atom stereocenters. The number of aromatic nitrogens is 4. The Kier molecular flexibility index (Phi) is 4.17. The Morgan fingerprint density at radius 1 is 1.20 bits per heavy atom. The van der Waals surface area contributed by atoms with Crippen molar-refractivity contribution in [2.75, 3.05) is 4.90 Å².